The lowest BCUT2D eigenvalue weighted by Gasteiger charge is -2.29. The van der Waals surface area contributed by atoms with Gasteiger partial charge in [0.1, 0.15) is 0 Å². The quantitative estimate of drug-likeness (QED) is 0.859. The van der Waals surface area contributed by atoms with E-state index < -0.39 is 15.6 Å². The summed E-state index contributed by atoms with van der Waals surface area (Å²) in [5.74, 6) is 0.306. The lowest BCUT2D eigenvalue weighted by molar-refractivity contribution is 0.374. The van der Waals surface area contributed by atoms with Crippen LogP contribution in [0.2, 0.25) is 0 Å². The predicted octanol–water partition coefficient (Wildman–Crippen LogP) is 1.69. The number of nitriles is 1. The molecule has 0 radical (unpaired) electrons. The van der Waals surface area contributed by atoms with Crippen molar-refractivity contribution in [1.82, 2.24) is 4.72 Å². The van der Waals surface area contributed by atoms with Crippen LogP contribution in [0.5, 0.6) is 0 Å². The van der Waals surface area contributed by atoms with E-state index in [1.165, 1.54) is 12.1 Å². The van der Waals surface area contributed by atoms with Gasteiger partial charge in [0.2, 0.25) is 10.0 Å². The Balaban J connectivity index is 0.00000220. The summed E-state index contributed by atoms with van der Waals surface area (Å²) in [5.41, 5.74) is 6.16. The summed E-state index contributed by atoms with van der Waals surface area (Å²) in [6, 6.07) is 6.56. The topological polar surface area (TPSA) is 96.0 Å². The Labute approximate surface area is 132 Å². The lowest BCUT2D eigenvalue weighted by Crippen LogP contribution is -2.53. The van der Waals surface area contributed by atoms with Crippen molar-refractivity contribution in [1.29, 1.82) is 5.26 Å². The molecule has 1 aliphatic rings. The molecular formula is C14H20ClN3O2S. The molecule has 0 amide bonds. The van der Waals surface area contributed by atoms with Gasteiger partial charge in [0.15, 0.2) is 0 Å². The molecule has 1 aromatic carbocycles. The van der Waals surface area contributed by atoms with Gasteiger partial charge in [-0.2, -0.15) is 5.26 Å². The van der Waals surface area contributed by atoms with Crippen molar-refractivity contribution >= 4 is 22.4 Å². The number of rotatable bonds is 5. The number of nitrogens with two attached hydrogens (primary N) is 1. The van der Waals surface area contributed by atoms with Gasteiger partial charge in [-0.1, -0.05) is 0 Å². The van der Waals surface area contributed by atoms with E-state index in [2.05, 4.69) is 4.72 Å². The molecular weight excluding hydrogens is 310 g/mol. The number of hydrogen-bond donors (Lipinski definition) is 2. The molecule has 0 aliphatic heterocycles. The summed E-state index contributed by atoms with van der Waals surface area (Å²) in [7, 11) is -3.63. The molecule has 1 atom stereocenters. The monoisotopic (exact) mass is 329 g/mol. The minimum atomic E-state index is -3.63. The van der Waals surface area contributed by atoms with Gasteiger partial charge in [-0.05, 0) is 56.4 Å². The zero-order valence-corrected chi connectivity index (χ0v) is 13.7. The number of sulfonamides is 1. The standard InChI is InChI=1S/C14H19N3O2S.ClH/c1-10-7-11(8-15)3-6-13(10)20(18,19)17-14(2,9-16)12-4-5-12;/h3,6-7,12,17H,4-5,9,16H2,1-2H3;1H. The first-order valence-electron chi connectivity index (χ1n) is 6.57. The van der Waals surface area contributed by atoms with E-state index in [-0.39, 0.29) is 23.8 Å². The Morgan fingerprint density at radius 2 is 2.10 bits per heavy atom. The van der Waals surface area contributed by atoms with Crippen molar-refractivity contribution in [3.63, 3.8) is 0 Å². The second kappa shape index (κ2) is 6.32. The van der Waals surface area contributed by atoms with Crippen LogP contribution in [-0.2, 0) is 10.0 Å². The second-order valence-corrected chi connectivity index (χ2v) is 7.24. The molecule has 1 aliphatic carbocycles. The van der Waals surface area contributed by atoms with Gasteiger partial charge >= 0.3 is 0 Å². The molecule has 0 spiro atoms. The molecule has 1 aromatic rings. The smallest absolute Gasteiger partial charge is 0.241 e. The summed E-state index contributed by atoms with van der Waals surface area (Å²) < 4.78 is 27.8. The number of benzene rings is 1. The maximum absolute atomic E-state index is 12.5. The van der Waals surface area contributed by atoms with Crippen LogP contribution in [0.1, 0.15) is 30.9 Å². The third-order valence-electron chi connectivity index (χ3n) is 3.86. The Bertz CT molecular complexity index is 665. The molecule has 21 heavy (non-hydrogen) atoms. The second-order valence-electron chi connectivity index (χ2n) is 5.59. The van der Waals surface area contributed by atoms with E-state index >= 15 is 0 Å². The van der Waals surface area contributed by atoms with Crippen LogP contribution in [-0.4, -0.2) is 20.5 Å². The summed E-state index contributed by atoms with van der Waals surface area (Å²) in [5, 5.41) is 8.83. The minimum absolute atomic E-state index is 0. The normalized spacial score (nSPS) is 17.4. The van der Waals surface area contributed by atoms with Gasteiger partial charge in [-0.15, -0.1) is 12.4 Å². The zero-order valence-electron chi connectivity index (χ0n) is 12.1. The van der Waals surface area contributed by atoms with E-state index in [1.807, 2.05) is 13.0 Å². The van der Waals surface area contributed by atoms with Crippen LogP contribution in [0.15, 0.2) is 23.1 Å². The molecule has 0 saturated heterocycles. The molecule has 1 fully saturated rings. The number of nitrogens with zero attached hydrogens (tertiary/aromatic N) is 1. The maximum atomic E-state index is 12.5. The van der Waals surface area contributed by atoms with Crippen LogP contribution in [0.4, 0.5) is 0 Å². The highest BCUT2D eigenvalue weighted by Crippen LogP contribution is 2.39. The van der Waals surface area contributed by atoms with Crippen LogP contribution in [0.3, 0.4) is 0 Å². The lowest BCUT2D eigenvalue weighted by atomic mass is 9.98. The van der Waals surface area contributed by atoms with E-state index in [0.717, 1.165) is 12.8 Å². The molecule has 1 saturated carbocycles. The number of halogens is 1. The van der Waals surface area contributed by atoms with Gasteiger partial charge < -0.3 is 5.73 Å². The van der Waals surface area contributed by atoms with Gasteiger partial charge in [-0.25, -0.2) is 13.1 Å². The summed E-state index contributed by atoms with van der Waals surface area (Å²) in [6.07, 6.45) is 2.01. The van der Waals surface area contributed by atoms with Crippen molar-refractivity contribution in [3.8, 4) is 6.07 Å². The van der Waals surface area contributed by atoms with E-state index in [9.17, 15) is 8.42 Å². The fraction of sp³-hybridized carbons (Fsp3) is 0.500. The number of hydrogen-bond acceptors (Lipinski definition) is 4. The average Bonchev–Trinajstić information content (AvgIpc) is 3.22. The van der Waals surface area contributed by atoms with Crippen molar-refractivity contribution in [2.24, 2.45) is 11.7 Å². The van der Waals surface area contributed by atoms with Gasteiger partial charge in [0.05, 0.1) is 16.5 Å². The van der Waals surface area contributed by atoms with E-state index in [4.69, 9.17) is 11.0 Å². The highest BCUT2D eigenvalue weighted by molar-refractivity contribution is 7.89. The minimum Gasteiger partial charge on any atom is -0.329 e. The van der Waals surface area contributed by atoms with Crippen LogP contribution >= 0.6 is 12.4 Å². The Hall–Kier alpha value is -1.13. The molecule has 0 heterocycles. The van der Waals surface area contributed by atoms with E-state index in [1.54, 1.807) is 13.0 Å². The van der Waals surface area contributed by atoms with Gasteiger partial charge in [-0.3, -0.25) is 0 Å². The van der Waals surface area contributed by atoms with Gasteiger partial charge in [0, 0.05) is 12.1 Å². The Kier molecular flexibility index (Phi) is 5.40. The number of nitrogens with one attached hydrogen (secondary N) is 1. The van der Waals surface area contributed by atoms with Gasteiger partial charge in [0.25, 0.3) is 0 Å². The van der Waals surface area contributed by atoms with E-state index in [0.29, 0.717) is 17.0 Å². The predicted molar refractivity (Wildman–Crippen MR) is 83.6 cm³/mol. The first-order chi connectivity index (χ1) is 9.32. The molecule has 0 aromatic heterocycles. The molecule has 7 heteroatoms. The summed E-state index contributed by atoms with van der Waals surface area (Å²) >= 11 is 0. The highest BCUT2D eigenvalue weighted by Gasteiger charge is 2.43. The molecule has 116 valence electrons. The average molecular weight is 330 g/mol. The zero-order chi connectivity index (χ0) is 15.0. The van der Waals surface area contributed by atoms with Crippen molar-refractivity contribution < 1.29 is 8.42 Å². The largest absolute Gasteiger partial charge is 0.329 e. The molecule has 2 rings (SSSR count). The van der Waals surface area contributed by atoms with Crippen molar-refractivity contribution in [3.05, 3.63) is 29.3 Å². The Morgan fingerprint density at radius 1 is 1.48 bits per heavy atom. The maximum Gasteiger partial charge on any atom is 0.241 e. The van der Waals surface area contributed by atoms with Crippen LogP contribution in [0.25, 0.3) is 0 Å². The first kappa shape index (κ1) is 17.9. The first-order valence-corrected chi connectivity index (χ1v) is 8.05. The number of aryl methyl sites for hydroxylation is 1. The Morgan fingerprint density at radius 3 is 2.52 bits per heavy atom. The molecule has 0 bridgehead atoms. The third kappa shape index (κ3) is 3.74. The molecule has 5 nitrogen and oxygen atoms in total. The summed E-state index contributed by atoms with van der Waals surface area (Å²) in [6.45, 7) is 3.81. The molecule has 1 unspecified atom stereocenters. The van der Waals surface area contributed by atoms with Crippen LogP contribution < -0.4 is 10.5 Å². The fourth-order valence-electron chi connectivity index (χ4n) is 2.39. The van der Waals surface area contributed by atoms with Crippen molar-refractivity contribution in [2.45, 2.75) is 37.1 Å². The molecule has 3 N–H and O–H groups in total. The fourth-order valence-corrected chi connectivity index (χ4v) is 4.10. The van der Waals surface area contributed by atoms with Crippen LogP contribution in [0, 0.1) is 24.2 Å². The SMILES string of the molecule is Cc1cc(C#N)ccc1S(=O)(=O)NC(C)(CN)C1CC1.Cl. The summed E-state index contributed by atoms with van der Waals surface area (Å²) in [4.78, 5) is 0.205. The third-order valence-corrected chi connectivity index (χ3v) is 5.64. The van der Waals surface area contributed by atoms with Crippen molar-refractivity contribution in [2.75, 3.05) is 6.54 Å². The highest BCUT2D eigenvalue weighted by atomic mass is 35.5.